The molecule has 0 unspecified atom stereocenters. The van der Waals surface area contributed by atoms with E-state index in [9.17, 15) is 51.8 Å². The number of benzene rings is 1. The summed E-state index contributed by atoms with van der Waals surface area (Å²) < 4.78 is 117. The van der Waals surface area contributed by atoms with Gasteiger partial charge in [0.15, 0.2) is 0 Å². The van der Waals surface area contributed by atoms with E-state index in [0.717, 1.165) is 0 Å². The van der Waals surface area contributed by atoms with E-state index in [4.69, 9.17) is 0 Å². The van der Waals surface area contributed by atoms with Crippen LogP contribution in [0.5, 0.6) is 0 Å². The first-order chi connectivity index (χ1) is 10.4. The predicted octanol–water partition coefficient (Wildman–Crippen LogP) is 2.54. The molecule has 1 aromatic rings. The first kappa shape index (κ1) is 36.1. The fraction of sp³-hybridized carbons (Fsp3) is 0.250. The molecular weight excluding hydrogens is 410 g/mol. The van der Waals surface area contributed by atoms with Crippen LogP contribution in [0.1, 0.15) is 1.43 Å². The zero-order chi connectivity index (χ0) is 20.4. The Labute approximate surface area is 181 Å². The predicted molar refractivity (Wildman–Crippen MR) is 73.1 cm³/mol. The number of hydrogen-bond donors (Lipinski definition) is 1. The van der Waals surface area contributed by atoms with E-state index < -0.39 is 21.8 Å². The fourth-order valence-corrected chi connectivity index (χ4v) is 0.385. The van der Waals surface area contributed by atoms with Crippen LogP contribution in [0.15, 0.2) is 36.4 Å². The first-order valence-corrected chi connectivity index (χ1v) is 5.62. The van der Waals surface area contributed by atoms with Crippen molar-refractivity contribution in [2.75, 3.05) is 14.1 Å². The van der Waals surface area contributed by atoms with Crippen LogP contribution >= 0.6 is 0 Å². The minimum atomic E-state index is -6.00. The van der Waals surface area contributed by atoms with Gasteiger partial charge in [-0.1, -0.05) is 36.4 Å². The number of rotatable bonds is 0. The van der Waals surface area contributed by atoms with E-state index >= 15 is 0 Å². The number of nitrogens with one attached hydrogen (secondary N) is 1. The molecule has 1 N–H and O–H groups in total. The van der Waals surface area contributed by atoms with Crippen LogP contribution in [0.3, 0.4) is 0 Å². The monoisotopic (exact) mass is 424 g/mol. The summed E-state index contributed by atoms with van der Waals surface area (Å²) in [5.74, 6) is 0. The van der Waals surface area contributed by atoms with Crippen LogP contribution in [0.2, 0.25) is 0 Å². The van der Waals surface area contributed by atoms with Gasteiger partial charge in [0, 0.05) is 0 Å². The largest absolute Gasteiger partial charge is 1.00 e. The molecule has 0 aliphatic heterocycles. The molecular formula is C8H14B3F12KN-3. The molecule has 0 amide bonds. The summed E-state index contributed by atoms with van der Waals surface area (Å²) in [6.45, 7) is 0. The standard InChI is InChI=1S/C6H6.C2H7N.3BF4.K.H/c1-2-4-6-5-3-1;1-3-2;3*2-1(3,4)5;;/h1-6H;3H,1-2H3;;;;;/q;;3*-1;+1;-1. The van der Waals surface area contributed by atoms with Gasteiger partial charge in [-0.15, -0.1) is 0 Å². The molecule has 0 spiro atoms. The molecule has 0 fully saturated rings. The maximum Gasteiger partial charge on any atom is 1.00 e. The molecule has 0 radical (unpaired) electrons. The quantitative estimate of drug-likeness (QED) is 0.499. The van der Waals surface area contributed by atoms with E-state index in [1.54, 1.807) is 0 Å². The van der Waals surface area contributed by atoms with Crippen molar-refractivity contribution < 1.29 is 105 Å². The topological polar surface area (TPSA) is 12.0 Å². The Morgan fingerprint density at radius 2 is 0.520 bits per heavy atom. The SMILES string of the molecule is CNC.F[B-](F)(F)F.F[B-](F)(F)F.F[B-](F)(F)F.[H-].[K+].c1ccccc1. The Morgan fingerprint density at radius 1 is 0.480 bits per heavy atom. The third-order valence-electron chi connectivity index (χ3n) is 0.667. The van der Waals surface area contributed by atoms with Crippen LogP contribution in [0.25, 0.3) is 0 Å². The molecule has 148 valence electrons. The van der Waals surface area contributed by atoms with Gasteiger partial charge in [0.05, 0.1) is 0 Å². The van der Waals surface area contributed by atoms with Crippen molar-refractivity contribution >= 4 is 21.8 Å². The minimum absolute atomic E-state index is 0. The van der Waals surface area contributed by atoms with Crippen molar-refractivity contribution in [2.45, 2.75) is 0 Å². The Hall–Kier alpha value is 0.171. The van der Waals surface area contributed by atoms with Crippen molar-refractivity contribution in [1.82, 2.24) is 5.32 Å². The first-order valence-electron chi connectivity index (χ1n) is 5.62. The second-order valence-corrected chi connectivity index (χ2v) is 3.14. The van der Waals surface area contributed by atoms with E-state index in [2.05, 4.69) is 5.32 Å². The Morgan fingerprint density at radius 3 is 0.560 bits per heavy atom. The summed E-state index contributed by atoms with van der Waals surface area (Å²) in [4.78, 5) is 0. The molecule has 1 rings (SSSR count). The number of hydrogen-bond acceptors (Lipinski definition) is 1. The summed E-state index contributed by atoms with van der Waals surface area (Å²) in [6, 6.07) is 12.0. The van der Waals surface area contributed by atoms with Crippen LogP contribution in [-0.4, -0.2) is 35.9 Å². The molecule has 0 aromatic heterocycles. The normalized spacial score (nSPS) is 9.84. The third kappa shape index (κ3) is 312. The molecule has 0 aliphatic rings. The molecule has 17 heteroatoms. The van der Waals surface area contributed by atoms with Gasteiger partial charge in [0.2, 0.25) is 0 Å². The molecule has 1 nitrogen and oxygen atoms in total. The average molecular weight is 424 g/mol. The van der Waals surface area contributed by atoms with Crippen LogP contribution < -0.4 is 56.7 Å². The second kappa shape index (κ2) is 20.5. The molecule has 0 bridgehead atoms. The van der Waals surface area contributed by atoms with Crippen molar-refractivity contribution in [3.63, 3.8) is 0 Å². The van der Waals surface area contributed by atoms with Crippen LogP contribution in [0, 0.1) is 0 Å². The minimum Gasteiger partial charge on any atom is -1.00 e. The van der Waals surface area contributed by atoms with Gasteiger partial charge < -0.3 is 58.5 Å². The molecule has 0 saturated carbocycles. The summed E-state index contributed by atoms with van der Waals surface area (Å²) in [7, 11) is -14.2. The Balaban J connectivity index is -0.0000000479. The summed E-state index contributed by atoms with van der Waals surface area (Å²) >= 11 is 0. The molecule has 0 aliphatic carbocycles. The van der Waals surface area contributed by atoms with Gasteiger partial charge in [-0.3, -0.25) is 0 Å². The van der Waals surface area contributed by atoms with E-state index in [-0.39, 0.29) is 52.8 Å². The van der Waals surface area contributed by atoms with Gasteiger partial charge in [0.1, 0.15) is 0 Å². The number of halogens is 12. The fourth-order valence-electron chi connectivity index (χ4n) is 0.385. The van der Waals surface area contributed by atoms with E-state index in [1.165, 1.54) is 0 Å². The Kier molecular flexibility index (Phi) is 29.6. The van der Waals surface area contributed by atoms with Crippen molar-refractivity contribution in [3.05, 3.63) is 36.4 Å². The van der Waals surface area contributed by atoms with Gasteiger partial charge in [-0.25, -0.2) is 0 Å². The molecule has 0 saturated heterocycles. The molecule has 0 heterocycles. The van der Waals surface area contributed by atoms with Gasteiger partial charge >= 0.3 is 73.1 Å². The van der Waals surface area contributed by atoms with Crippen molar-refractivity contribution in [1.29, 1.82) is 0 Å². The Bertz CT molecular complexity index is 278. The van der Waals surface area contributed by atoms with Gasteiger partial charge in [0.25, 0.3) is 0 Å². The summed E-state index contributed by atoms with van der Waals surface area (Å²) in [6.07, 6.45) is 0. The van der Waals surface area contributed by atoms with Crippen molar-refractivity contribution in [2.24, 2.45) is 0 Å². The zero-order valence-corrected chi connectivity index (χ0v) is 16.4. The zero-order valence-electron chi connectivity index (χ0n) is 14.2. The molecule has 25 heavy (non-hydrogen) atoms. The van der Waals surface area contributed by atoms with Crippen molar-refractivity contribution in [3.8, 4) is 0 Å². The maximum atomic E-state index is 9.75. The van der Waals surface area contributed by atoms with E-state index in [1.807, 2.05) is 50.5 Å². The van der Waals surface area contributed by atoms with Gasteiger partial charge in [-0.2, -0.15) is 0 Å². The van der Waals surface area contributed by atoms with Crippen LogP contribution in [-0.2, 0) is 0 Å². The van der Waals surface area contributed by atoms with Crippen LogP contribution in [0.4, 0.5) is 51.8 Å². The smallest absolute Gasteiger partial charge is 1.00 e. The third-order valence-corrected chi connectivity index (χ3v) is 0.667. The maximum absolute atomic E-state index is 9.75. The van der Waals surface area contributed by atoms with Gasteiger partial charge in [-0.05, 0) is 14.1 Å². The average Bonchev–Trinajstić information content (AvgIpc) is 2.25. The summed E-state index contributed by atoms with van der Waals surface area (Å²) in [5, 5.41) is 2.75. The van der Waals surface area contributed by atoms with E-state index in [0.29, 0.717) is 0 Å². The summed E-state index contributed by atoms with van der Waals surface area (Å²) in [5.41, 5.74) is 0. The second-order valence-electron chi connectivity index (χ2n) is 3.14. The molecule has 1 aromatic carbocycles. The molecule has 0 atom stereocenters.